The Balaban J connectivity index is 1.97. The number of benzene rings is 2. The van der Waals surface area contributed by atoms with Crippen molar-refractivity contribution in [2.75, 3.05) is 13.4 Å². The van der Waals surface area contributed by atoms with E-state index in [1.165, 1.54) is 12.0 Å². The van der Waals surface area contributed by atoms with E-state index in [2.05, 4.69) is 4.98 Å². The van der Waals surface area contributed by atoms with E-state index in [9.17, 15) is 4.79 Å². The van der Waals surface area contributed by atoms with Gasteiger partial charge in [0.15, 0.2) is 0 Å². The molecule has 0 fully saturated rings. The van der Waals surface area contributed by atoms with Gasteiger partial charge in [-0.3, -0.25) is 0 Å². The molecule has 3 rings (SSSR count). The summed E-state index contributed by atoms with van der Waals surface area (Å²) in [7, 11) is 1.38. The lowest BCUT2D eigenvalue weighted by Crippen LogP contribution is -2.13. The lowest BCUT2D eigenvalue weighted by atomic mass is 10.0. The highest BCUT2D eigenvalue weighted by Crippen LogP contribution is 2.25. The quantitative estimate of drug-likeness (QED) is 0.494. The number of aromatic nitrogens is 1. The van der Waals surface area contributed by atoms with Crippen LogP contribution in [0.3, 0.4) is 0 Å². The molecule has 1 heterocycles. The van der Waals surface area contributed by atoms with Crippen LogP contribution in [-0.4, -0.2) is 24.3 Å². The van der Waals surface area contributed by atoms with Crippen LogP contribution >= 0.6 is 11.8 Å². The lowest BCUT2D eigenvalue weighted by Gasteiger charge is -2.14. The molecule has 0 unspecified atom stereocenters. The van der Waals surface area contributed by atoms with Gasteiger partial charge in [0.1, 0.15) is 12.4 Å². The van der Waals surface area contributed by atoms with Crippen molar-refractivity contribution in [2.45, 2.75) is 18.4 Å². The van der Waals surface area contributed by atoms with E-state index in [1.54, 1.807) is 11.8 Å². The van der Waals surface area contributed by atoms with Gasteiger partial charge in [-0.2, -0.15) is 0 Å². The van der Waals surface area contributed by atoms with E-state index in [0.29, 0.717) is 11.3 Å². The second-order valence-electron chi connectivity index (χ2n) is 5.53. The van der Waals surface area contributed by atoms with Crippen LogP contribution in [0.2, 0.25) is 0 Å². The Bertz CT molecular complexity index is 907. The van der Waals surface area contributed by atoms with Gasteiger partial charge in [-0.15, -0.1) is 11.8 Å². The molecule has 0 N–H and O–H groups in total. The fourth-order valence-electron chi connectivity index (χ4n) is 2.74. The summed E-state index contributed by atoms with van der Waals surface area (Å²) in [6, 6.07) is 15.6. The molecule has 0 aliphatic rings. The summed E-state index contributed by atoms with van der Waals surface area (Å²) in [5.74, 6) is 0.341. The van der Waals surface area contributed by atoms with Crippen LogP contribution in [0.25, 0.3) is 10.9 Å². The fourth-order valence-corrected chi connectivity index (χ4v) is 3.15. The van der Waals surface area contributed by atoms with E-state index >= 15 is 0 Å². The van der Waals surface area contributed by atoms with Gasteiger partial charge in [-0.25, -0.2) is 9.78 Å². The summed E-state index contributed by atoms with van der Waals surface area (Å²) >= 11 is 1.68. The third kappa shape index (κ3) is 3.61. The molecule has 0 amide bonds. The van der Waals surface area contributed by atoms with Crippen LogP contribution in [0.15, 0.2) is 53.4 Å². The zero-order valence-electron chi connectivity index (χ0n) is 14.4. The van der Waals surface area contributed by atoms with Gasteiger partial charge < -0.3 is 9.47 Å². The fraction of sp³-hybridized carbons (Fsp3) is 0.200. The largest absolute Gasteiger partial charge is 0.487 e. The number of hydrogen-bond donors (Lipinski definition) is 0. The van der Waals surface area contributed by atoms with E-state index in [-0.39, 0.29) is 6.61 Å². The Morgan fingerprint density at radius 3 is 2.52 bits per heavy atom. The smallest absolute Gasteiger partial charge is 0.340 e. The number of carbonyl (C=O) groups is 1. The van der Waals surface area contributed by atoms with Gasteiger partial charge in [-0.1, -0.05) is 18.2 Å². The van der Waals surface area contributed by atoms with Crippen LogP contribution in [0.1, 0.15) is 21.6 Å². The zero-order chi connectivity index (χ0) is 17.8. The summed E-state index contributed by atoms with van der Waals surface area (Å²) in [5.41, 5.74) is 2.75. The monoisotopic (exact) mass is 353 g/mol. The highest BCUT2D eigenvalue weighted by atomic mass is 32.2. The molecule has 25 heavy (non-hydrogen) atoms. The van der Waals surface area contributed by atoms with E-state index in [0.717, 1.165) is 22.2 Å². The number of aryl methyl sites for hydroxylation is 1. The number of para-hydroxylation sites is 1. The Labute approximate surface area is 151 Å². The highest BCUT2D eigenvalue weighted by Gasteiger charge is 2.19. The standard InChI is InChI=1S/C20H19NO3S/c1-13-16-6-4-5-7-17(16)21-18(19(13)20(22)23-2)12-24-14-8-10-15(25-3)11-9-14/h4-11H,12H2,1-3H3. The molecule has 0 radical (unpaired) electrons. The number of rotatable bonds is 5. The molecule has 0 atom stereocenters. The number of fused-ring (bicyclic) bond motifs is 1. The third-order valence-corrected chi connectivity index (χ3v) is 4.80. The van der Waals surface area contributed by atoms with Crippen molar-refractivity contribution in [3.63, 3.8) is 0 Å². The van der Waals surface area contributed by atoms with Crippen LogP contribution in [0, 0.1) is 6.92 Å². The van der Waals surface area contributed by atoms with Crippen molar-refractivity contribution in [2.24, 2.45) is 0 Å². The molecule has 0 saturated heterocycles. The Kier molecular flexibility index (Phi) is 5.24. The molecule has 0 aliphatic heterocycles. The molecule has 3 aromatic rings. The number of hydrogen-bond acceptors (Lipinski definition) is 5. The van der Waals surface area contributed by atoms with Crippen molar-refractivity contribution in [1.82, 2.24) is 4.98 Å². The normalized spacial score (nSPS) is 10.7. The van der Waals surface area contributed by atoms with Gasteiger partial charge >= 0.3 is 5.97 Å². The molecule has 2 aromatic carbocycles. The van der Waals surface area contributed by atoms with Crippen molar-refractivity contribution >= 4 is 28.6 Å². The van der Waals surface area contributed by atoms with Crippen molar-refractivity contribution in [3.05, 3.63) is 65.4 Å². The van der Waals surface area contributed by atoms with Gasteiger partial charge in [-0.05, 0) is 49.1 Å². The Hall–Kier alpha value is -2.53. The Morgan fingerprint density at radius 2 is 1.84 bits per heavy atom. The summed E-state index contributed by atoms with van der Waals surface area (Å²) in [5, 5.41) is 0.941. The summed E-state index contributed by atoms with van der Waals surface area (Å²) in [6.07, 6.45) is 2.03. The molecule has 0 spiro atoms. The Morgan fingerprint density at radius 1 is 1.12 bits per heavy atom. The first-order chi connectivity index (χ1) is 12.1. The van der Waals surface area contributed by atoms with Crippen LogP contribution in [0.5, 0.6) is 5.75 Å². The minimum absolute atomic E-state index is 0.203. The van der Waals surface area contributed by atoms with E-state index < -0.39 is 5.97 Å². The molecule has 0 bridgehead atoms. The number of nitrogens with zero attached hydrogens (tertiary/aromatic N) is 1. The van der Waals surface area contributed by atoms with Crippen LogP contribution in [-0.2, 0) is 11.3 Å². The maximum Gasteiger partial charge on any atom is 0.340 e. The van der Waals surface area contributed by atoms with Crippen LogP contribution < -0.4 is 4.74 Å². The van der Waals surface area contributed by atoms with Gasteiger partial charge in [0, 0.05) is 10.3 Å². The average Bonchev–Trinajstić information content (AvgIpc) is 2.66. The second kappa shape index (κ2) is 7.57. The predicted molar refractivity (Wildman–Crippen MR) is 100 cm³/mol. The maximum atomic E-state index is 12.3. The topological polar surface area (TPSA) is 48.4 Å². The summed E-state index contributed by atoms with van der Waals surface area (Å²) < 4.78 is 10.8. The highest BCUT2D eigenvalue weighted by molar-refractivity contribution is 7.98. The first-order valence-corrected chi connectivity index (χ1v) is 9.10. The average molecular weight is 353 g/mol. The number of carbonyl (C=O) groups excluding carboxylic acids is 1. The number of methoxy groups -OCH3 is 1. The number of ether oxygens (including phenoxy) is 2. The number of thioether (sulfide) groups is 1. The maximum absolute atomic E-state index is 12.3. The number of esters is 1. The molecule has 0 aliphatic carbocycles. The van der Waals surface area contributed by atoms with Gasteiger partial charge in [0.2, 0.25) is 0 Å². The van der Waals surface area contributed by atoms with E-state index in [1.807, 2.05) is 61.7 Å². The van der Waals surface area contributed by atoms with Gasteiger partial charge in [0.25, 0.3) is 0 Å². The van der Waals surface area contributed by atoms with Crippen LogP contribution in [0.4, 0.5) is 0 Å². The van der Waals surface area contributed by atoms with Crippen molar-refractivity contribution < 1.29 is 14.3 Å². The van der Waals surface area contributed by atoms with Crippen molar-refractivity contribution in [3.8, 4) is 5.75 Å². The summed E-state index contributed by atoms with van der Waals surface area (Å²) in [4.78, 5) is 18.1. The molecule has 128 valence electrons. The summed E-state index contributed by atoms with van der Waals surface area (Å²) in [6.45, 7) is 2.11. The predicted octanol–water partition coefficient (Wildman–Crippen LogP) is 4.63. The van der Waals surface area contributed by atoms with E-state index in [4.69, 9.17) is 9.47 Å². The molecular weight excluding hydrogens is 334 g/mol. The zero-order valence-corrected chi connectivity index (χ0v) is 15.2. The molecule has 0 saturated carbocycles. The first kappa shape index (κ1) is 17.3. The molecular formula is C20H19NO3S. The molecule has 4 nitrogen and oxygen atoms in total. The lowest BCUT2D eigenvalue weighted by molar-refractivity contribution is 0.0596. The SMILES string of the molecule is COC(=O)c1c(COc2ccc(SC)cc2)nc2ccccc2c1C. The van der Waals surface area contributed by atoms with Crippen molar-refractivity contribution in [1.29, 1.82) is 0 Å². The third-order valence-electron chi connectivity index (χ3n) is 4.05. The second-order valence-corrected chi connectivity index (χ2v) is 6.41. The van der Waals surface area contributed by atoms with Gasteiger partial charge in [0.05, 0.1) is 23.9 Å². The molecule has 1 aromatic heterocycles. The minimum Gasteiger partial charge on any atom is -0.487 e. The minimum atomic E-state index is -0.396. The molecule has 5 heteroatoms. The number of pyridine rings is 1. The first-order valence-electron chi connectivity index (χ1n) is 7.87.